The average Bonchev–Trinajstić information content (AvgIpc) is 3.38. The first-order valence-electron chi connectivity index (χ1n) is 8.28. The number of carbonyl (C=O) groups is 4. The van der Waals surface area contributed by atoms with Crippen molar-refractivity contribution in [3.63, 3.8) is 0 Å². The summed E-state index contributed by atoms with van der Waals surface area (Å²) in [6.07, 6.45) is 1.98. The number of rotatable bonds is 8. The van der Waals surface area contributed by atoms with E-state index in [9.17, 15) is 24.3 Å². The first kappa shape index (κ1) is 20.8. The highest BCUT2D eigenvalue weighted by molar-refractivity contribution is 8.07. The predicted molar refractivity (Wildman–Crippen MR) is 111 cm³/mol. The number of aliphatic carboxylic acids is 1. The lowest BCUT2D eigenvalue weighted by Gasteiger charge is -2.49. The molecule has 156 valence electrons. The molecule has 1 saturated heterocycles. The lowest BCUT2D eigenvalue weighted by molar-refractivity contribution is -0.150. The molecule has 2 aromatic heterocycles. The average molecular weight is 485 g/mol. The van der Waals surface area contributed by atoms with Crippen LogP contribution in [0.2, 0.25) is 0 Å². The monoisotopic (exact) mass is 484 g/mol. The van der Waals surface area contributed by atoms with Crippen molar-refractivity contribution in [1.82, 2.24) is 24.8 Å². The number of nitrogens with zero attached hydrogens (tertiary/aromatic N) is 4. The molecule has 2 aliphatic heterocycles. The number of nitrogens with one attached hydrogen (secondary N) is 2. The van der Waals surface area contributed by atoms with E-state index in [1.54, 1.807) is 5.38 Å². The predicted octanol–water partition coefficient (Wildman–Crippen LogP) is 0.594. The van der Waals surface area contributed by atoms with Gasteiger partial charge in [0, 0.05) is 16.0 Å². The van der Waals surface area contributed by atoms with E-state index < -0.39 is 29.2 Å². The fourth-order valence-electron chi connectivity index (χ4n) is 2.89. The summed E-state index contributed by atoms with van der Waals surface area (Å²) in [5, 5.41) is 20.0. The van der Waals surface area contributed by atoms with E-state index in [1.165, 1.54) is 46.0 Å². The zero-order valence-electron chi connectivity index (χ0n) is 14.8. The number of carboxylic acid groups (broad SMARTS) is 1. The smallest absolute Gasteiger partial charge is 0.353 e. The molecule has 4 rings (SSSR count). The van der Waals surface area contributed by atoms with Gasteiger partial charge in [-0.3, -0.25) is 19.3 Å². The lowest BCUT2D eigenvalue weighted by Crippen LogP contribution is -2.70. The number of thioether (sulfide) groups is 2. The highest BCUT2D eigenvalue weighted by atomic mass is 32.2. The molecule has 0 aliphatic carbocycles. The summed E-state index contributed by atoms with van der Waals surface area (Å²) in [7, 11) is 0. The van der Waals surface area contributed by atoms with Gasteiger partial charge < -0.3 is 15.7 Å². The molecule has 2 aliphatic rings. The zero-order valence-corrected chi connectivity index (χ0v) is 18.1. The molecule has 0 aromatic carbocycles. The Labute approximate surface area is 185 Å². The Morgan fingerprint density at radius 3 is 2.97 bits per heavy atom. The SMILES string of the molecule is O=CNc1nc(CC(=O)N[C@@H]2C(=O)N3C(C(=O)O)=C(Sc4cnns4)CS[C@@H]23)cs1. The van der Waals surface area contributed by atoms with Gasteiger partial charge in [0.25, 0.3) is 5.91 Å². The molecule has 2 aromatic rings. The van der Waals surface area contributed by atoms with Crippen molar-refractivity contribution in [3.8, 4) is 0 Å². The molecule has 0 saturated carbocycles. The normalized spacial score (nSPS) is 20.4. The van der Waals surface area contributed by atoms with Crippen LogP contribution in [0.25, 0.3) is 0 Å². The largest absolute Gasteiger partial charge is 0.477 e. The summed E-state index contributed by atoms with van der Waals surface area (Å²) in [6.45, 7) is 0. The van der Waals surface area contributed by atoms with E-state index in [0.29, 0.717) is 27.9 Å². The van der Waals surface area contributed by atoms with Crippen molar-refractivity contribution in [3.05, 3.63) is 27.9 Å². The number of hydrogen-bond donors (Lipinski definition) is 3. The maximum atomic E-state index is 12.6. The molecular weight excluding hydrogens is 472 g/mol. The van der Waals surface area contributed by atoms with Crippen LogP contribution in [0.1, 0.15) is 5.69 Å². The molecule has 4 heterocycles. The maximum Gasteiger partial charge on any atom is 0.353 e. The molecule has 2 atom stereocenters. The highest BCUT2D eigenvalue weighted by Crippen LogP contribution is 2.45. The number of fused-ring (bicyclic) bond motifs is 1. The Morgan fingerprint density at radius 2 is 2.27 bits per heavy atom. The molecule has 3 amide bonds. The van der Waals surface area contributed by atoms with Crippen LogP contribution in [0.15, 0.2) is 26.4 Å². The van der Waals surface area contributed by atoms with Crippen molar-refractivity contribution < 1.29 is 24.3 Å². The van der Waals surface area contributed by atoms with E-state index >= 15 is 0 Å². The van der Waals surface area contributed by atoms with Gasteiger partial charge in [-0.1, -0.05) is 16.3 Å². The van der Waals surface area contributed by atoms with Crippen molar-refractivity contribution in [2.24, 2.45) is 0 Å². The number of β-lactam (4-membered cyclic amide) rings is 1. The second-order valence-electron chi connectivity index (χ2n) is 5.95. The number of carbonyl (C=O) groups excluding carboxylic acids is 3. The van der Waals surface area contributed by atoms with Crippen LogP contribution < -0.4 is 10.6 Å². The number of anilines is 1. The van der Waals surface area contributed by atoms with Gasteiger partial charge in [0.05, 0.1) is 18.3 Å². The molecule has 3 N–H and O–H groups in total. The van der Waals surface area contributed by atoms with Crippen LogP contribution in [-0.4, -0.2) is 65.9 Å². The van der Waals surface area contributed by atoms with Crippen molar-refractivity contribution in [2.75, 3.05) is 11.1 Å². The number of thiazole rings is 1. The van der Waals surface area contributed by atoms with Crippen molar-refractivity contribution in [1.29, 1.82) is 0 Å². The van der Waals surface area contributed by atoms with Gasteiger partial charge in [-0.05, 0) is 11.5 Å². The lowest BCUT2D eigenvalue weighted by atomic mass is 10.0. The van der Waals surface area contributed by atoms with Gasteiger partial charge in [-0.25, -0.2) is 9.78 Å². The van der Waals surface area contributed by atoms with E-state index in [0.717, 1.165) is 15.7 Å². The molecule has 0 radical (unpaired) electrons. The Bertz CT molecular complexity index is 1040. The molecular formula is C15H12N6O5S4. The maximum absolute atomic E-state index is 12.6. The molecule has 0 unspecified atom stereocenters. The van der Waals surface area contributed by atoms with Crippen LogP contribution >= 0.6 is 46.4 Å². The Hall–Kier alpha value is -2.49. The summed E-state index contributed by atoms with van der Waals surface area (Å²) in [4.78, 5) is 53.1. The molecule has 0 spiro atoms. The van der Waals surface area contributed by atoms with Crippen LogP contribution in [0.5, 0.6) is 0 Å². The standard InChI is InChI=1S/C15H12N6O5S4/c22-5-16-15-18-6(3-28-15)1-8(23)19-10-12(24)21-11(14(25)26)7(4-27-13(10)21)29-9-2-17-20-30-9/h2-3,5,10,13H,1,4H2,(H,19,23)(H,25,26)(H,16,18,22)/t10-,13+/m1/s1. The zero-order chi connectivity index (χ0) is 21.3. The van der Waals surface area contributed by atoms with Crippen LogP contribution in [0, 0.1) is 0 Å². The Balaban J connectivity index is 1.43. The quantitative estimate of drug-likeness (QED) is 0.358. The summed E-state index contributed by atoms with van der Waals surface area (Å²) >= 11 is 4.94. The fraction of sp³-hybridized carbons (Fsp3) is 0.267. The highest BCUT2D eigenvalue weighted by Gasteiger charge is 2.54. The summed E-state index contributed by atoms with van der Waals surface area (Å²) in [6, 6.07) is -0.806. The minimum atomic E-state index is -1.20. The molecule has 15 heteroatoms. The van der Waals surface area contributed by atoms with Gasteiger partial charge >= 0.3 is 5.97 Å². The molecule has 1 fully saturated rings. The van der Waals surface area contributed by atoms with E-state index in [4.69, 9.17) is 0 Å². The minimum Gasteiger partial charge on any atom is -0.477 e. The Morgan fingerprint density at radius 1 is 1.43 bits per heavy atom. The number of aromatic nitrogens is 3. The summed E-state index contributed by atoms with van der Waals surface area (Å²) < 4.78 is 4.48. The van der Waals surface area contributed by atoms with Crippen LogP contribution in [-0.2, 0) is 25.6 Å². The van der Waals surface area contributed by atoms with E-state index in [2.05, 4.69) is 25.2 Å². The third kappa shape index (κ3) is 4.05. The van der Waals surface area contributed by atoms with Gasteiger partial charge in [-0.2, -0.15) is 0 Å². The number of carboxylic acids is 1. The summed E-state index contributed by atoms with van der Waals surface area (Å²) in [5.41, 5.74) is 0.390. The third-order valence-electron chi connectivity index (χ3n) is 4.09. The fourth-order valence-corrected chi connectivity index (χ4v) is 6.64. The van der Waals surface area contributed by atoms with Gasteiger partial charge in [-0.15, -0.1) is 28.2 Å². The number of hydrogen-bond acceptors (Lipinski definition) is 11. The second kappa shape index (κ2) is 8.71. The first-order valence-corrected chi connectivity index (χ1v) is 11.8. The van der Waals surface area contributed by atoms with Crippen molar-refractivity contribution in [2.45, 2.75) is 22.0 Å². The molecule has 0 bridgehead atoms. The second-order valence-corrected chi connectivity index (χ2v) is 10.1. The van der Waals surface area contributed by atoms with Gasteiger partial charge in [0.15, 0.2) is 5.13 Å². The van der Waals surface area contributed by atoms with Crippen LogP contribution in [0.4, 0.5) is 5.13 Å². The molecule has 11 nitrogen and oxygen atoms in total. The topological polar surface area (TPSA) is 154 Å². The summed E-state index contributed by atoms with van der Waals surface area (Å²) in [5.74, 6) is -1.69. The van der Waals surface area contributed by atoms with Gasteiger partial charge in [0.1, 0.15) is 21.3 Å². The third-order valence-corrected chi connectivity index (χ3v) is 8.20. The molecule has 30 heavy (non-hydrogen) atoms. The minimum absolute atomic E-state index is 0.0562. The Kier molecular flexibility index (Phi) is 6.03. The van der Waals surface area contributed by atoms with Gasteiger partial charge in [0.2, 0.25) is 12.3 Å². The number of amides is 3. The van der Waals surface area contributed by atoms with Crippen molar-refractivity contribution >= 4 is 75.7 Å². The van der Waals surface area contributed by atoms with E-state index in [1.807, 2.05) is 0 Å². The van der Waals surface area contributed by atoms with Crippen LogP contribution in [0.3, 0.4) is 0 Å². The first-order chi connectivity index (χ1) is 14.5. The van der Waals surface area contributed by atoms with E-state index in [-0.39, 0.29) is 12.1 Å².